The lowest BCUT2D eigenvalue weighted by molar-refractivity contribution is 0.506. The molecule has 2 aromatic heterocycles. The molecule has 0 aliphatic carbocycles. The van der Waals surface area contributed by atoms with Crippen LogP contribution in [0.2, 0.25) is 0 Å². The zero-order valence-electron chi connectivity index (χ0n) is 12.6. The van der Waals surface area contributed by atoms with Crippen LogP contribution in [-0.2, 0) is 13.0 Å². The monoisotopic (exact) mass is 305 g/mol. The van der Waals surface area contributed by atoms with Crippen molar-refractivity contribution in [3.8, 4) is 0 Å². The molecule has 0 amide bonds. The fourth-order valence-electron chi connectivity index (χ4n) is 1.80. The highest BCUT2D eigenvalue weighted by atomic mass is 32.1. The van der Waals surface area contributed by atoms with Crippen LogP contribution in [0.15, 0.2) is 44.6 Å². The first kappa shape index (κ1) is 15.6. The number of nitrogens with one attached hydrogen (secondary N) is 2. The van der Waals surface area contributed by atoms with Gasteiger partial charge in [-0.1, -0.05) is 6.92 Å². The molecule has 0 bridgehead atoms. The molecule has 2 heterocycles. The van der Waals surface area contributed by atoms with Crippen molar-refractivity contribution in [3.63, 3.8) is 0 Å². The fourth-order valence-corrected chi connectivity index (χ4v) is 2.46. The second-order valence-electron chi connectivity index (χ2n) is 5.01. The molecule has 0 aliphatic rings. The van der Waals surface area contributed by atoms with Gasteiger partial charge in [0.15, 0.2) is 5.96 Å². The van der Waals surface area contributed by atoms with Crippen LogP contribution in [0, 0.1) is 0 Å². The van der Waals surface area contributed by atoms with Crippen LogP contribution in [0.1, 0.15) is 31.6 Å². The van der Waals surface area contributed by atoms with Crippen molar-refractivity contribution in [3.05, 3.63) is 46.5 Å². The van der Waals surface area contributed by atoms with Gasteiger partial charge >= 0.3 is 0 Å². The number of aliphatic imine (C=N–C) groups is 1. The number of hydrogen-bond donors (Lipinski definition) is 2. The summed E-state index contributed by atoms with van der Waals surface area (Å²) in [5.74, 6) is 1.85. The van der Waals surface area contributed by atoms with Gasteiger partial charge < -0.3 is 15.1 Å². The Balaban J connectivity index is 1.86. The van der Waals surface area contributed by atoms with Gasteiger partial charge in [-0.25, -0.2) is 4.99 Å². The molecule has 2 rings (SSSR count). The summed E-state index contributed by atoms with van der Waals surface area (Å²) in [6.45, 7) is 5.83. The molecule has 1 unspecified atom stereocenters. The zero-order chi connectivity index (χ0) is 14.9. The molecule has 0 spiro atoms. The number of guanidine groups is 1. The van der Waals surface area contributed by atoms with Crippen LogP contribution in [0.3, 0.4) is 0 Å². The average Bonchev–Trinajstić information content (AvgIpc) is 3.17. The highest BCUT2D eigenvalue weighted by Crippen LogP contribution is 2.07. The molecule has 2 aromatic rings. The number of furan rings is 1. The first-order valence-electron chi connectivity index (χ1n) is 7.36. The van der Waals surface area contributed by atoms with E-state index in [1.54, 1.807) is 17.6 Å². The maximum atomic E-state index is 5.34. The predicted molar refractivity (Wildman–Crippen MR) is 88.8 cm³/mol. The third-order valence-electron chi connectivity index (χ3n) is 3.24. The topological polar surface area (TPSA) is 49.6 Å². The predicted octanol–water partition coefficient (Wildman–Crippen LogP) is 3.42. The molecule has 5 heteroatoms. The molecule has 0 aromatic carbocycles. The van der Waals surface area contributed by atoms with Gasteiger partial charge in [0.25, 0.3) is 0 Å². The average molecular weight is 305 g/mol. The van der Waals surface area contributed by atoms with Gasteiger partial charge in [0.2, 0.25) is 0 Å². The van der Waals surface area contributed by atoms with E-state index in [4.69, 9.17) is 4.42 Å². The number of rotatable bonds is 7. The molecule has 2 N–H and O–H groups in total. The van der Waals surface area contributed by atoms with Gasteiger partial charge in [-0.05, 0) is 47.9 Å². The summed E-state index contributed by atoms with van der Waals surface area (Å²) in [5.41, 5.74) is 1.25. The molecular weight excluding hydrogens is 282 g/mol. The summed E-state index contributed by atoms with van der Waals surface area (Å²) < 4.78 is 5.34. The van der Waals surface area contributed by atoms with Crippen molar-refractivity contribution in [2.75, 3.05) is 6.54 Å². The molecule has 0 saturated heterocycles. The Morgan fingerprint density at radius 2 is 2.33 bits per heavy atom. The second-order valence-corrected chi connectivity index (χ2v) is 5.79. The minimum Gasteiger partial charge on any atom is -0.469 e. The van der Waals surface area contributed by atoms with Gasteiger partial charge in [-0.15, -0.1) is 0 Å². The lowest BCUT2D eigenvalue weighted by Gasteiger charge is -2.16. The highest BCUT2D eigenvalue weighted by molar-refractivity contribution is 7.07. The van der Waals surface area contributed by atoms with E-state index in [-0.39, 0.29) is 0 Å². The van der Waals surface area contributed by atoms with Gasteiger partial charge in [-0.2, -0.15) is 11.3 Å². The first-order valence-corrected chi connectivity index (χ1v) is 8.30. The molecule has 21 heavy (non-hydrogen) atoms. The Morgan fingerprint density at radius 1 is 1.43 bits per heavy atom. The molecule has 0 aliphatic heterocycles. The van der Waals surface area contributed by atoms with E-state index >= 15 is 0 Å². The molecular formula is C16H23N3OS. The Bertz CT molecular complexity index is 520. The molecule has 114 valence electrons. The van der Waals surface area contributed by atoms with E-state index < -0.39 is 0 Å². The molecule has 0 saturated carbocycles. The first-order chi connectivity index (χ1) is 10.3. The Labute approximate surface area is 130 Å². The summed E-state index contributed by atoms with van der Waals surface area (Å²) in [4.78, 5) is 4.64. The largest absolute Gasteiger partial charge is 0.469 e. The third kappa shape index (κ3) is 5.63. The van der Waals surface area contributed by atoms with Crippen molar-refractivity contribution >= 4 is 17.3 Å². The minimum atomic E-state index is 0.405. The summed E-state index contributed by atoms with van der Waals surface area (Å²) in [7, 11) is 0. The van der Waals surface area contributed by atoms with Crippen LogP contribution in [0.5, 0.6) is 0 Å². The maximum Gasteiger partial charge on any atom is 0.191 e. The van der Waals surface area contributed by atoms with Crippen LogP contribution >= 0.6 is 11.3 Å². The Hall–Kier alpha value is -1.75. The van der Waals surface area contributed by atoms with Gasteiger partial charge in [0.1, 0.15) is 5.76 Å². The Morgan fingerprint density at radius 3 is 3.00 bits per heavy atom. The van der Waals surface area contributed by atoms with Crippen LogP contribution in [-0.4, -0.2) is 18.5 Å². The van der Waals surface area contributed by atoms with Gasteiger partial charge in [-0.3, -0.25) is 0 Å². The summed E-state index contributed by atoms with van der Waals surface area (Å²) >= 11 is 1.70. The number of nitrogens with zero attached hydrogens (tertiary/aromatic N) is 1. The van der Waals surface area contributed by atoms with Crippen LogP contribution < -0.4 is 10.6 Å². The molecule has 0 radical (unpaired) electrons. The van der Waals surface area contributed by atoms with Gasteiger partial charge in [0, 0.05) is 19.0 Å². The van der Waals surface area contributed by atoms with Crippen molar-refractivity contribution in [1.29, 1.82) is 0 Å². The fraction of sp³-hybridized carbons (Fsp3) is 0.438. The van der Waals surface area contributed by atoms with E-state index in [1.807, 2.05) is 12.1 Å². The third-order valence-corrected chi connectivity index (χ3v) is 3.97. The lowest BCUT2D eigenvalue weighted by Crippen LogP contribution is -2.42. The van der Waals surface area contributed by atoms with E-state index in [0.29, 0.717) is 12.6 Å². The second kappa shape index (κ2) is 8.52. The van der Waals surface area contributed by atoms with Crippen LogP contribution in [0.25, 0.3) is 0 Å². The molecule has 4 nitrogen and oxygen atoms in total. The standard InChI is InChI=1S/C16H23N3OS/c1-3-13(2)19-16(18-11-14-7-10-21-12-14)17-8-6-15-5-4-9-20-15/h4-5,7,9-10,12-13H,3,6,8,11H2,1-2H3,(H2,17,18,19). The zero-order valence-corrected chi connectivity index (χ0v) is 13.5. The highest BCUT2D eigenvalue weighted by Gasteiger charge is 2.04. The number of thiophene rings is 1. The summed E-state index contributed by atoms with van der Waals surface area (Å²) in [6, 6.07) is 6.42. The normalized spacial score (nSPS) is 13.1. The molecule has 0 fully saturated rings. The smallest absolute Gasteiger partial charge is 0.191 e. The minimum absolute atomic E-state index is 0.405. The van der Waals surface area contributed by atoms with Crippen molar-refractivity contribution < 1.29 is 4.42 Å². The Kier molecular flexibility index (Phi) is 6.34. The van der Waals surface area contributed by atoms with Crippen molar-refractivity contribution in [1.82, 2.24) is 10.6 Å². The summed E-state index contributed by atoms with van der Waals surface area (Å²) in [5, 5.41) is 11.0. The van der Waals surface area contributed by atoms with E-state index in [9.17, 15) is 0 Å². The van der Waals surface area contributed by atoms with E-state index in [0.717, 1.165) is 31.1 Å². The van der Waals surface area contributed by atoms with Gasteiger partial charge in [0.05, 0.1) is 12.8 Å². The maximum absolute atomic E-state index is 5.34. The van der Waals surface area contributed by atoms with E-state index in [2.05, 4.69) is 46.3 Å². The number of hydrogen-bond acceptors (Lipinski definition) is 3. The quantitative estimate of drug-likeness (QED) is 0.609. The van der Waals surface area contributed by atoms with Crippen molar-refractivity contribution in [2.45, 2.75) is 39.3 Å². The van der Waals surface area contributed by atoms with Crippen molar-refractivity contribution in [2.24, 2.45) is 4.99 Å². The van der Waals surface area contributed by atoms with E-state index in [1.165, 1.54) is 5.56 Å². The SMILES string of the molecule is CCC(C)NC(=NCc1ccsc1)NCCc1ccco1. The van der Waals surface area contributed by atoms with Crippen LogP contribution in [0.4, 0.5) is 0 Å². The summed E-state index contributed by atoms with van der Waals surface area (Å²) in [6.07, 6.45) is 3.63. The molecule has 1 atom stereocenters. The lowest BCUT2D eigenvalue weighted by atomic mass is 10.3.